The molecule has 0 heterocycles. The van der Waals surface area contributed by atoms with Gasteiger partial charge in [-0.3, -0.25) is 10.1 Å². The normalized spacial score (nSPS) is 10.8. The highest BCUT2D eigenvalue weighted by Crippen LogP contribution is 1.97. The zero-order chi connectivity index (χ0) is 22.2. The highest BCUT2D eigenvalue weighted by molar-refractivity contribution is 5.81. The predicted molar refractivity (Wildman–Crippen MR) is 131 cm³/mol. The summed E-state index contributed by atoms with van der Waals surface area (Å²) in [4.78, 5) is 29.2. The molecule has 0 fully saturated rings. The van der Waals surface area contributed by atoms with E-state index in [0.717, 1.165) is 32.5 Å². The Kier molecular flexibility index (Phi) is 34.9. The molecule has 0 aromatic carbocycles. The van der Waals surface area contributed by atoms with Crippen LogP contribution in [0.4, 0.5) is 0 Å². The number of rotatable bonds is 15. The van der Waals surface area contributed by atoms with Crippen LogP contribution in [0.1, 0.15) is 49.2 Å². The van der Waals surface area contributed by atoms with Gasteiger partial charge in [0.2, 0.25) is 5.91 Å². The standard InChI is InChI=1S/C11H25N3O.C7H16N2O2.CH2O.CH4.5H2/c1-8(2)7-13-5-6-14-11(15)10(12)9(3)4;1-2-8-4-6-11-7-9-3-5-10;1-2;;;;;;/h8-10,13H,5-7,12H2,1-4H3,(H,14,15);5,8-9H,2-4,6-7H2,1H3;1H2;1H4;5*1H/t10-;;;;;;;;/m0......../s1. The maximum atomic E-state index is 11.4. The molecule has 0 saturated heterocycles. The van der Waals surface area contributed by atoms with Gasteiger partial charge in [0.05, 0.1) is 25.9 Å². The van der Waals surface area contributed by atoms with Gasteiger partial charge in [-0.15, -0.1) is 0 Å². The van der Waals surface area contributed by atoms with Crippen molar-refractivity contribution in [3.8, 4) is 0 Å². The van der Waals surface area contributed by atoms with E-state index in [1.165, 1.54) is 0 Å². The van der Waals surface area contributed by atoms with Crippen molar-refractivity contribution >= 4 is 19.0 Å². The lowest BCUT2D eigenvalue weighted by atomic mass is 10.1. The van der Waals surface area contributed by atoms with Gasteiger partial charge in [-0.1, -0.05) is 42.0 Å². The lowest BCUT2D eigenvalue weighted by Gasteiger charge is -2.15. The number of nitrogens with two attached hydrogens (primary N) is 1. The van der Waals surface area contributed by atoms with Crippen molar-refractivity contribution in [2.24, 2.45) is 17.6 Å². The Hall–Kier alpha value is -1.39. The quantitative estimate of drug-likeness (QED) is 0.149. The van der Waals surface area contributed by atoms with Crippen molar-refractivity contribution < 1.29 is 26.3 Å². The molecule has 0 aliphatic heterocycles. The molecule has 0 aromatic heterocycles. The zero-order valence-electron chi connectivity index (χ0n) is 18.4. The molecule has 0 spiro atoms. The first kappa shape index (κ1) is 35.1. The predicted octanol–water partition coefficient (Wildman–Crippen LogP) is 1.37. The van der Waals surface area contributed by atoms with Crippen molar-refractivity contribution in [1.29, 1.82) is 0 Å². The lowest BCUT2D eigenvalue weighted by molar-refractivity contribution is -0.123. The van der Waals surface area contributed by atoms with Crippen molar-refractivity contribution in [2.45, 2.75) is 48.1 Å². The van der Waals surface area contributed by atoms with Crippen LogP contribution >= 0.6 is 0 Å². The van der Waals surface area contributed by atoms with Gasteiger partial charge in [-0.2, -0.15) is 0 Å². The van der Waals surface area contributed by atoms with E-state index in [2.05, 4.69) is 35.1 Å². The second-order valence-electron chi connectivity index (χ2n) is 6.69. The third-order valence-corrected chi connectivity index (χ3v) is 3.28. The molecule has 0 rings (SSSR count). The van der Waals surface area contributed by atoms with Gasteiger partial charge >= 0.3 is 0 Å². The molecule has 1 amide bonds. The van der Waals surface area contributed by atoms with E-state index in [9.17, 15) is 9.59 Å². The van der Waals surface area contributed by atoms with Crippen LogP contribution in [0.25, 0.3) is 0 Å². The number of hydrogen-bond acceptors (Lipinski definition) is 8. The Balaban J connectivity index is -0.0000000430. The largest absolute Gasteiger partial charge is 0.365 e. The summed E-state index contributed by atoms with van der Waals surface area (Å²) in [5.74, 6) is 0.767. The van der Waals surface area contributed by atoms with E-state index in [1.54, 1.807) is 0 Å². The van der Waals surface area contributed by atoms with Crippen LogP contribution in [0.3, 0.4) is 0 Å². The molecule has 0 radical (unpaired) electrons. The van der Waals surface area contributed by atoms with Crippen LogP contribution in [0.15, 0.2) is 0 Å². The second kappa shape index (κ2) is 28.8. The van der Waals surface area contributed by atoms with E-state index in [0.29, 0.717) is 32.3 Å². The van der Waals surface area contributed by atoms with Crippen LogP contribution in [-0.4, -0.2) is 77.6 Å². The van der Waals surface area contributed by atoms with E-state index < -0.39 is 6.04 Å². The number of amides is 1. The van der Waals surface area contributed by atoms with Gasteiger partial charge in [0.1, 0.15) is 13.1 Å². The summed E-state index contributed by atoms with van der Waals surface area (Å²) in [5, 5.41) is 12.0. The van der Waals surface area contributed by atoms with Gasteiger partial charge in [-0.05, 0) is 24.9 Å². The summed E-state index contributed by atoms with van der Waals surface area (Å²) >= 11 is 0. The molecule has 0 saturated carbocycles. The van der Waals surface area contributed by atoms with Crippen LogP contribution in [0, 0.1) is 11.8 Å². The van der Waals surface area contributed by atoms with Crippen molar-refractivity contribution in [3.63, 3.8) is 0 Å². The minimum atomic E-state index is -0.393. The van der Waals surface area contributed by atoms with Crippen molar-refractivity contribution in [1.82, 2.24) is 21.3 Å². The number of ether oxygens (including phenoxy) is 1. The number of nitrogens with one attached hydrogen (secondary N) is 4. The first-order chi connectivity index (χ1) is 13.4. The maximum Gasteiger partial charge on any atom is 0.237 e. The maximum absolute atomic E-state index is 11.4. The number of likely N-dealkylation sites (N-methyl/N-ethyl adjacent to an activating group) is 1. The Bertz CT molecular complexity index is 365. The first-order valence-electron chi connectivity index (χ1n) is 9.82. The Morgan fingerprint density at radius 2 is 1.72 bits per heavy atom. The fourth-order valence-corrected chi connectivity index (χ4v) is 1.67. The summed E-state index contributed by atoms with van der Waals surface area (Å²) in [6, 6.07) is -0.393. The Labute approximate surface area is 185 Å². The molecule has 0 aliphatic carbocycles. The third kappa shape index (κ3) is 31.5. The van der Waals surface area contributed by atoms with Gasteiger partial charge in [0.15, 0.2) is 0 Å². The number of aldehydes is 1. The molecular formula is C20H57N5O4. The molecule has 9 nitrogen and oxygen atoms in total. The molecule has 0 bridgehead atoms. The average molecular weight is 432 g/mol. The Morgan fingerprint density at radius 1 is 1.10 bits per heavy atom. The zero-order valence-corrected chi connectivity index (χ0v) is 18.4. The van der Waals surface area contributed by atoms with Gasteiger partial charge in [0, 0.05) is 26.8 Å². The van der Waals surface area contributed by atoms with Gasteiger partial charge in [0.25, 0.3) is 0 Å². The minimum absolute atomic E-state index is 0. The van der Waals surface area contributed by atoms with E-state index in [-0.39, 0.29) is 26.4 Å². The molecule has 9 heteroatoms. The van der Waals surface area contributed by atoms with Crippen LogP contribution in [0.2, 0.25) is 0 Å². The monoisotopic (exact) mass is 431 g/mol. The third-order valence-electron chi connectivity index (χ3n) is 3.28. The van der Waals surface area contributed by atoms with Crippen LogP contribution in [-0.2, 0) is 19.1 Å². The van der Waals surface area contributed by atoms with E-state index >= 15 is 0 Å². The van der Waals surface area contributed by atoms with Crippen molar-refractivity contribution in [2.75, 3.05) is 52.6 Å². The molecule has 29 heavy (non-hydrogen) atoms. The van der Waals surface area contributed by atoms with Crippen LogP contribution in [0.5, 0.6) is 0 Å². The molecule has 186 valence electrons. The summed E-state index contributed by atoms with van der Waals surface area (Å²) < 4.78 is 5.11. The minimum Gasteiger partial charge on any atom is -0.365 e. The topological polar surface area (TPSA) is 135 Å². The van der Waals surface area contributed by atoms with Crippen LogP contribution < -0.4 is 27.0 Å². The summed E-state index contributed by atoms with van der Waals surface area (Å²) in [7, 11) is 0. The molecule has 0 unspecified atom stereocenters. The van der Waals surface area contributed by atoms with E-state index in [1.807, 2.05) is 27.6 Å². The summed E-state index contributed by atoms with van der Waals surface area (Å²) in [6.07, 6.45) is 0.813. The Morgan fingerprint density at radius 3 is 2.21 bits per heavy atom. The van der Waals surface area contributed by atoms with Gasteiger partial charge < -0.3 is 36.0 Å². The fourth-order valence-electron chi connectivity index (χ4n) is 1.67. The lowest BCUT2D eigenvalue weighted by Crippen LogP contribution is -2.45. The smallest absolute Gasteiger partial charge is 0.237 e. The number of carbonyl (C=O) groups excluding carboxylic acids is 3. The second-order valence-corrected chi connectivity index (χ2v) is 6.69. The molecule has 0 aromatic rings. The highest BCUT2D eigenvalue weighted by Gasteiger charge is 2.15. The highest BCUT2D eigenvalue weighted by atomic mass is 16.5. The number of carbonyl (C=O) groups is 3. The SMILES string of the molecule is C.C=O.CC(C)CNCCNC(=O)[C@@H](N)C(C)C.CCNCCOCNCC=O.[HH].[HH].[HH].[HH].[HH]. The fraction of sp³-hybridized carbons (Fsp3) is 0.850. The number of hydrogen-bond donors (Lipinski definition) is 5. The molecule has 1 atom stereocenters. The van der Waals surface area contributed by atoms with Gasteiger partial charge in [-0.25, -0.2) is 0 Å². The average Bonchev–Trinajstić information content (AvgIpc) is 2.68. The molecule has 0 aliphatic rings. The summed E-state index contributed by atoms with van der Waals surface area (Å²) in [5.41, 5.74) is 5.69. The molecule has 6 N–H and O–H groups in total. The first-order valence-corrected chi connectivity index (χ1v) is 9.82. The molecular weight excluding hydrogens is 374 g/mol. The summed E-state index contributed by atoms with van der Waals surface area (Å²) in [6.45, 7) is 18.0. The van der Waals surface area contributed by atoms with E-state index in [4.69, 9.17) is 15.3 Å². The van der Waals surface area contributed by atoms with Crippen molar-refractivity contribution in [3.05, 3.63) is 0 Å².